The Hall–Kier alpha value is -1.09. The van der Waals surface area contributed by atoms with Crippen molar-refractivity contribution in [1.29, 1.82) is 0 Å². The number of aliphatic hydroxyl groups is 1. The summed E-state index contributed by atoms with van der Waals surface area (Å²) >= 11 is 0. The fraction of sp³-hybridized carbons (Fsp3) is 0.538. The number of hydrogen-bond acceptors (Lipinski definition) is 2. The van der Waals surface area contributed by atoms with Gasteiger partial charge < -0.3 is 9.84 Å². The van der Waals surface area contributed by atoms with Crippen LogP contribution >= 0.6 is 0 Å². The minimum Gasteiger partial charge on any atom is -0.493 e. The third-order valence-corrected chi connectivity index (χ3v) is 2.31. The van der Waals surface area contributed by atoms with Gasteiger partial charge in [-0.15, -0.1) is 0 Å². The molecule has 1 rings (SSSR count). The summed E-state index contributed by atoms with van der Waals surface area (Å²) in [6.07, 6.45) is 2.06. The van der Waals surface area contributed by atoms with Gasteiger partial charge in [0.15, 0.2) is 0 Å². The fourth-order valence-electron chi connectivity index (χ4n) is 1.48. The zero-order chi connectivity index (χ0) is 12.0. The quantitative estimate of drug-likeness (QED) is 0.755. The second-order valence-electron chi connectivity index (χ2n) is 4.34. The molecule has 0 aliphatic carbocycles. The molecule has 0 amide bonds. The van der Waals surface area contributed by atoms with Crippen molar-refractivity contribution in [1.82, 2.24) is 0 Å². The van der Waals surface area contributed by atoms with Crippen LogP contribution in [0.2, 0.25) is 0 Å². The van der Waals surface area contributed by atoms with Gasteiger partial charge in [0.25, 0.3) is 0 Å². The van der Waals surface area contributed by atoms with Crippen LogP contribution in [-0.4, -0.2) is 11.7 Å². The normalized spacial score (nSPS) is 10.8. The zero-order valence-corrected chi connectivity index (χ0v) is 9.87. The molecule has 0 atom stereocenters. The van der Waals surface area contributed by atoms with E-state index in [4.69, 9.17) is 9.84 Å². The molecule has 1 N–H and O–H groups in total. The molecule has 0 saturated heterocycles. The lowest BCUT2D eigenvalue weighted by Crippen LogP contribution is -2.00. The molecule has 16 heavy (non-hydrogen) atoms. The lowest BCUT2D eigenvalue weighted by Gasteiger charge is -2.08. The molecule has 0 fully saturated rings. The molecule has 90 valence electrons. The van der Waals surface area contributed by atoms with Crippen molar-refractivity contribution in [2.75, 3.05) is 6.61 Å². The molecule has 3 heteroatoms. The Bertz CT molecular complexity index is 324. The lowest BCUT2D eigenvalue weighted by atomic mass is 10.1. The second kappa shape index (κ2) is 6.48. The van der Waals surface area contributed by atoms with Crippen LogP contribution in [0, 0.1) is 11.7 Å². The lowest BCUT2D eigenvalue weighted by molar-refractivity contribution is 0.276. The molecule has 1 aromatic rings. The van der Waals surface area contributed by atoms with Crippen LogP contribution in [0.15, 0.2) is 18.2 Å². The van der Waals surface area contributed by atoms with Gasteiger partial charge in [-0.25, -0.2) is 4.39 Å². The van der Waals surface area contributed by atoms with Gasteiger partial charge in [0.2, 0.25) is 0 Å². The SMILES string of the molecule is CC(C)CCCOc1cc(F)cc(CO)c1. The number of halogens is 1. The van der Waals surface area contributed by atoms with Crippen LogP contribution in [0.3, 0.4) is 0 Å². The Morgan fingerprint density at radius 2 is 2.06 bits per heavy atom. The summed E-state index contributed by atoms with van der Waals surface area (Å²) in [5.74, 6) is 0.780. The summed E-state index contributed by atoms with van der Waals surface area (Å²) in [7, 11) is 0. The number of rotatable bonds is 6. The molecule has 2 nitrogen and oxygen atoms in total. The van der Waals surface area contributed by atoms with Gasteiger partial charge in [-0.2, -0.15) is 0 Å². The molecule has 0 heterocycles. The molecule has 0 aliphatic heterocycles. The maximum Gasteiger partial charge on any atom is 0.127 e. The number of ether oxygens (including phenoxy) is 1. The first-order valence-electron chi connectivity index (χ1n) is 5.65. The Kier molecular flexibility index (Phi) is 5.26. The zero-order valence-electron chi connectivity index (χ0n) is 9.87. The molecule has 0 saturated carbocycles. The van der Waals surface area contributed by atoms with Crippen molar-refractivity contribution >= 4 is 0 Å². The van der Waals surface area contributed by atoms with Gasteiger partial charge in [-0.3, -0.25) is 0 Å². The number of hydrogen-bond donors (Lipinski definition) is 1. The summed E-state index contributed by atoms with van der Waals surface area (Å²) in [5, 5.41) is 8.91. The smallest absolute Gasteiger partial charge is 0.127 e. The van der Waals surface area contributed by atoms with E-state index in [9.17, 15) is 4.39 Å². The average Bonchev–Trinajstić information content (AvgIpc) is 2.23. The van der Waals surface area contributed by atoms with Crippen molar-refractivity contribution < 1.29 is 14.2 Å². The fourth-order valence-corrected chi connectivity index (χ4v) is 1.48. The van der Waals surface area contributed by atoms with E-state index >= 15 is 0 Å². The second-order valence-corrected chi connectivity index (χ2v) is 4.34. The number of aliphatic hydroxyl groups excluding tert-OH is 1. The Morgan fingerprint density at radius 3 is 2.69 bits per heavy atom. The van der Waals surface area contributed by atoms with E-state index in [2.05, 4.69) is 13.8 Å². The molecular weight excluding hydrogens is 207 g/mol. The van der Waals surface area contributed by atoms with Crippen molar-refractivity contribution in [3.63, 3.8) is 0 Å². The van der Waals surface area contributed by atoms with Crippen LogP contribution in [0.25, 0.3) is 0 Å². The maximum absolute atomic E-state index is 13.1. The third-order valence-electron chi connectivity index (χ3n) is 2.31. The minimum absolute atomic E-state index is 0.167. The highest BCUT2D eigenvalue weighted by Crippen LogP contribution is 2.17. The molecule has 0 spiro atoms. The molecule has 1 aromatic carbocycles. The Balaban J connectivity index is 2.44. The van der Waals surface area contributed by atoms with E-state index < -0.39 is 0 Å². The largest absolute Gasteiger partial charge is 0.493 e. The summed E-state index contributed by atoms with van der Waals surface area (Å²) in [6.45, 7) is 4.74. The summed E-state index contributed by atoms with van der Waals surface area (Å²) in [5.41, 5.74) is 0.541. The van der Waals surface area contributed by atoms with E-state index in [1.54, 1.807) is 6.07 Å². The average molecular weight is 226 g/mol. The Labute approximate surface area is 96.1 Å². The first kappa shape index (κ1) is 13.0. The van der Waals surface area contributed by atoms with Crippen molar-refractivity contribution in [3.8, 4) is 5.75 Å². The summed E-state index contributed by atoms with van der Waals surface area (Å²) < 4.78 is 18.5. The third kappa shape index (κ3) is 4.62. The molecule has 0 aromatic heterocycles. The van der Waals surface area contributed by atoms with E-state index in [1.807, 2.05) is 0 Å². The van der Waals surface area contributed by atoms with Gasteiger partial charge in [-0.05, 0) is 36.5 Å². The first-order chi connectivity index (χ1) is 7.61. The van der Waals surface area contributed by atoms with Gasteiger partial charge in [-0.1, -0.05) is 13.8 Å². The van der Waals surface area contributed by atoms with Crippen LogP contribution in [0.1, 0.15) is 32.3 Å². The maximum atomic E-state index is 13.1. The first-order valence-corrected chi connectivity index (χ1v) is 5.65. The van der Waals surface area contributed by atoms with E-state index in [0.717, 1.165) is 12.8 Å². The summed E-state index contributed by atoms with van der Waals surface area (Å²) in [6, 6.07) is 4.31. The minimum atomic E-state index is -0.370. The summed E-state index contributed by atoms with van der Waals surface area (Å²) in [4.78, 5) is 0. The standard InChI is InChI=1S/C13H19FO2/c1-10(2)4-3-5-16-13-7-11(9-15)6-12(14)8-13/h6-8,10,15H,3-5,9H2,1-2H3. The van der Waals surface area contributed by atoms with Crippen molar-refractivity contribution in [2.45, 2.75) is 33.3 Å². The van der Waals surface area contributed by atoms with E-state index in [1.165, 1.54) is 12.1 Å². The molecule has 0 bridgehead atoms. The van der Waals surface area contributed by atoms with Crippen LogP contribution < -0.4 is 4.74 Å². The highest BCUT2D eigenvalue weighted by Gasteiger charge is 2.01. The van der Waals surface area contributed by atoms with Gasteiger partial charge in [0.05, 0.1) is 13.2 Å². The van der Waals surface area contributed by atoms with Crippen molar-refractivity contribution in [2.24, 2.45) is 5.92 Å². The van der Waals surface area contributed by atoms with E-state index in [-0.39, 0.29) is 12.4 Å². The van der Waals surface area contributed by atoms with Crippen molar-refractivity contribution in [3.05, 3.63) is 29.6 Å². The Morgan fingerprint density at radius 1 is 1.31 bits per heavy atom. The topological polar surface area (TPSA) is 29.5 Å². The molecule has 0 radical (unpaired) electrons. The number of benzene rings is 1. The van der Waals surface area contributed by atoms with Crippen LogP contribution in [-0.2, 0) is 6.61 Å². The van der Waals surface area contributed by atoms with Crippen LogP contribution in [0.4, 0.5) is 4.39 Å². The predicted octanol–water partition coefficient (Wildman–Crippen LogP) is 3.13. The monoisotopic (exact) mass is 226 g/mol. The highest BCUT2D eigenvalue weighted by molar-refractivity contribution is 5.29. The predicted molar refractivity (Wildman–Crippen MR) is 61.9 cm³/mol. The van der Waals surface area contributed by atoms with Gasteiger partial charge in [0, 0.05) is 6.07 Å². The molecule has 0 aliphatic rings. The van der Waals surface area contributed by atoms with Gasteiger partial charge >= 0.3 is 0 Å². The highest BCUT2D eigenvalue weighted by atomic mass is 19.1. The molecule has 0 unspecified atom stereocenters. The molecular formula is C13H19FO2. The van der Waals surface area contributed by atoms with Gasteiger partial charge in [0.1, 0.15) is 11.6 Å². The van der Waals surface area contributed by atoms with Crippen LogP contribution in [0.5, 0.6) is 5.75 Å². The van der Waals surface area contributed by atoms with E-state index in [0.29, 0.717) is 23.8 Å².